The molecule has 0 bridgehead atoms. The van der Waals surface area contributed by atoms with Crippen LogP contribution in [0.3, 0.4) is 0 Å². The maximum absolute atomic E-state index is 2.86. The molecule has 1 saturated heterocycles. The zero-order valence-corrected chi connectivity index (χ0v) is 14.1. The van der Waals surface area contributed by atoms with Crippen LogP contribution in [0.15, 0.2) is 11.1 Å². The Bertz CT molecular complexity index is 325. The van der Waals surface area contributed by atoms with Crippen LogP contribution in [-0.4, -0.2) is 23.5 Å². The summed E-state index contributed by atoms with van der Waals surface area (Å²) >= 11 is 0. The lowest BCUT2D eigenvalue weighted by molar-refractivity contribution is 0.117. The molecule has 0 radical (unpaired) electrons. The van der Waals surface area contributed by atoms with Crippen LogP contribution >= 0.6 is 0 Å². The van der Waals surface area contributed by atoms with E-state index in [0.29, 0.717) is 5.54 Å². The molecule has 0 aromatic rings. The van der Waals surface area contributed by atoms with E-state index in [9.17, 15) is 0 Å². The minimum Gasteiger partial charge on any atom is -0.294 e. The molecule has 1 unspecified atom stereocenters. The van der Waals surface area contributed by atoms with Crippen molar-refractivity contribution in [1.29, 1.82) is 0 Å². The molecule has 1 heteroatoms. The fourth-order valence-electron chi connectivity index (χ4n) is 4.48. The van der Waals surface area contributed by atoms with Crippen molar-refractivity contribution in [3.8, 4) is 0 Å². The molecular weight excluding hydrogens is 242 g/mol. The highest BCUT2D eigenvalue weighted by Crippen LogP contribution is 2.44. The summed E-state index contributed by atoms with van der Waals surface area (Å²) in [7, 11) is 0. The van der Waals surface area contributed by atoms with Crippen molar-refractivity contribution in [3.05, 3.63) is 11.1 Å². The molecule has 0 amide bonds. The van der Waals surface area contributed by atoms with Crippen LogP contribution in [0, 0.1) is 0 Å². The van der Waals surface area contributed by atoms with Gasteiger partial charge in [0.1, 0.15) is 0 Å². The Balaban J connectivity index is 2.23. The molecule has 0 spiro atoms. The summed E-state index contributed by atoms with van der Waals surface area (Å²) in [6, 6.07) is 0. The molecule has 0 aromatic carbocycles. The SMILES string of the molecule is CCCCC1=C(C)C(CCCC)(N2CCCC2)CCC1. The molecule has 1 aliphatic heterocycles. The van der Waals surface area contributed by atoms with Crippen molar-refractivity contribution >= 4 is 0 Å². The zero-order chi connectivity index (χ0) is 14.4. The normalized spacial score (nSPS) is 28.4. The van der Waals surface area contributed by atoms with Crippen molar-refractivity contribution < 1.29 is 0 Å². The quantitative estimate of drug-likeness (QED) is 0.539. The molecule has 116 valence electrons. The smallest absolute Gasteiger partial charge is 0.0420 e. The monoisotopic (exact) mass is 277 g/mol. The number of likely N-dealkylation sites (tertiary alicyclic amines) is 1. The van der Waals surface area contributed by atoms with Gasteiger partial charge < -0.3 is 0 Å². The summed E-state index contributed by atoms with van der Waals surface area (Å²) in [6.07, 6.45) is 15.3. The van der Waals surface area contributed by atoms with Gasteiger partial charge in [0, 0.05) is 5.54 Å². The van der Waals surface area contributed by atoms with E-state index in [2.05, 4.69) is 25.7 Å². The summed E-state index contributed by atoms with van der Waals surface area (Å²) in [5.74, 6) is 0. The van der Waals surface area contributed by atoms with Crippen molar-refractivity contribution in [2.24, 2.45) is 0 Å². The Hall–Kier alpha value is -0.300. The molecule has 1 aliphatic carbocycles. The van der Waals surface area contributed by atoms with Crippen LogP contribution in [0.4, 0.5) is 0 Å². The largest absolute Gasteiger partial charge is 0.294 e. The number of hydrogen-bond donors (Lipinski definition) is 0. The first kappa shape index (κ1) is 16.1. The first-order chi connectivity index (χ1) is 9.74. The Labute approximate surface area is 126 Å². The highest BCUT2D eigenvalue weighted by molar-refractivity contribution is 5.29. The van der Waals surface area contributed by atoms with Gasteiger partial charge in [0.05, 0.1) is 0 Å². The summed E-state index contributed by atoms with van der Waals surface area (Å²) in [6.45, 7) is 9.85. The molecule has 0 N–H and O–H groups in total. The third kappa shape index (κ3) is 3.30. The summed E-state index contributed by atoms with van der Waals surface area (Å²) < 4.78 is 0. The van der Waals surface area contributed by atoms with Gasteiger partial charge in [-0.3, -0.25) is 4.90 Å². The predicted octanol–water partition coefficient (Wildman–Crippen LogP) is 5.70. The first-order valence-corrected chi connectivity index (χ1v) is 9.18. The van der Waals surface area contributed by atoms with E-state index in [1.807, 2.05) is 5.57 Å². The molecule has 20 heavy (non-hydrogen) atoms. The number of rotatable bonds is 7. The molecule has 0 aromatic heterocycles. The lowest BCUT2D eigenvalue weighted by Gasteiger charge is -2.47. The van der Waals surface area contributed by atoms with E-state index < -0.39 is 0 Å². The van der Waals surface area contributed by atoms with Gasteiger partial charge in [-0.15, -0.1) is 0 Å². The maximum Gasteiger partial charge on any atom is 0.0420 e. The highest BCUT2D eigenvalue weighted by Gasteiger charge is 2.41. The number of unbranched alkanes of at least 4 members (excludes halogenated alkanes) is 2. The topological polar surface area (TPSA) is 3.24 Å². The van der Waals surface area contributed by atoms with Gasteiger partial charge in [0.2, 0.25) is 0 Å². The van der Waals surface area contributed by atoms with Crippen LogP contribution in [0.5, 0.6) is 0 Å². The fourth-order valence-corrected chi connectivity index (χ4v) is 4.48. The lowest BCUT2D eigenvalue weighted by atomic mass is 9.72. The van der Waals surface area contributed by atoms with Crippen molar-refractivity contribution in [2.75, 3.05) is 13.1 Å². The van der Waals surface area contributed by atoms with Crippen LogP contribution < -0.4 is 0 Å². The second kappa shape index (κ2) is 7.64. The molecular formula is C19H35N. The minimum atomic E-state index is 0.452. The van der Waals surface area contributed by atoms with Gasteiger partial charge in [-0.2, -0.15) is 0 Å². The van der Waals surface area contributed by atoms with Crippen LogP contribution in [-0.2, 0) is 0 Å². The summed E-state index contributed by atoms with van der Waals surface area (Å²) in [5, 5.41) is 0. The second-order valence-electron chi connectivity index (χ2n) is 7.01. The first-order valence-electron chi connectivity index (χ1n) is 9.18. The highest BCUT2D eigenvalue weighted by atomic mass is 15.2. The molecule has 2 rings (SSSR count). The van der Waals surface area contributed by atoms with Gasteiger partial charge in [-0.1, -0.05) is 44.3 Å². The van der Waals surface area contributed by atoms with Crippen molar-refractivity contribution in [1.82, 2.24) is 4.90 Å². The van der Waals surface area contributed by atoms with Gasteiger partial charge >= 0.3 is 0 Å². The predicted molar refractivity (Wildman–Crippen MR) is 89.1 cm³/mol. The zero-order valence-electron chi connectivity index (χ0n) is 14.1. The second-order valence-corrected chi connectivity index (χ2v) is 7.01. The van der Waals surface area contributed by atoms with Crippen LogP contribution in [0.1, 0.15) is 91.4 Å². The minimum absolute atomic E-state index is 0.452. The van der Waals surface area contributed by atoms with E-state index in [1.54, 1.807) is 5.57 Å². The van der Waals surface area contributed by atoms with Gasteiger partial charge in [-0.05, 0) is 71.4 Å². The molecule has 0 saturated carbocycles. The number of allylic oxidation sites excluding steroid dienone is 1. The Morgan fingerprint density at radius 2 is 1.70 bits per heavy atom. The van der Waals surface area contributed by atoms with E-state index in [4.69, 9.17) is 0 Å². The van der Waals surface area contributed by atoms with E-state index in [1.165, 1.54) is 83.7 Å². The summed E-state index contributed by atoms with van der Waals surface area (Å²) in [5.41, 5.74) is 4.06. The average molecular weight is 277 g/mol. The van der Waals surface area contributed by atoms with E-state index in [-0.39, 0.29) is 0 Å². The third-order valence-corrected chi connectivity index (χ3v) is 5.78. The van der Waals surface area contributed by atoms with Crippen LogP contribution in [0.2, 0.25) is 0 Å². The number of hydrogen-bond acceptors (Lipinski definition) is 1. The fraction of sp³-hybridized carbons (Fsp3) is 0.895. The Morgan fingerprint density at radius 3 is 2.35 bits per heavy atom. The Morgan fingerprint density at radius 1 is 1.00 bits per heavy atom. The third-order valence-electron chi connectivity index (χ3n) is 5.78. The van der Waals surface area contributed by atoms with Gasteiger partial charge in [0.25, 0.3) is 0 Å². The standard InChI is InChI=1S/C19H35N/c1-4-6-11-18-12-10-14-19(17(18)3,13-7-5-2)20-15-8-9-16-20/h4-16H2,1-3H3. The van der Waals surface area contributed by atoms with E-state index in [0.717, 1.165) is 0 Å². The Kier molecular flexibility index (Phi) is 6.14. The molecule has 1 heterocycles. The van der Waals surface area contributed by atoms with Gasteiger partial charge in [0.15, 0.2) is 0 Å². The van der Waals surface area contributed by atoms with Crippen molar-refractivity contribution in [2.45, 2.75) is 96.9 Å². The average Bonchev–Trinajstić information content (AvgIpc) is 3.00. The molecule has 1 nitrogen and oxygen atoms in total. The number of nitrogens with zero attached hydrogens (tertiary/aromatic N) is 1. The lowest BCUT2D eigenvalue weighted by Crippen LogP contribution is -2.50. The maximum atomic E-state index is 2.86. The van der Waals surface area contributed by atoms with E-state index >= 15 is 0 Å². The van der Waals surface area contributed by atoms with Gasteiger partial charge in [-0.25, -0.2) is 0 Å². The molecule has 1 atom stereocenters. The molecule has 1 fully saturated rings. The van der Waals surface area contributed by atoms with Crippen LogP contribution in [0.25, 0.3) is 0 Å². The van der Waals surface area contributed by atoms with Crippen molar-refractivity contribution in [3.63, 3.8) is 0 Å². The summed E-state index contributed by atoms with van der Waals surface area (Å²) in [4.78, 5) is 2.86. The molecule has 2 aliphatic rings.